The number of fused-ring (bicyclic) bond motifs is 1. The highest BCUT2D eigenvalue weighted by Gasteiger charge is 2.09. The lowest BCUT2D eigenvalue weighted by Gasteiger charge is -1.97. The van der Waals surface area contributed by atoms with Crippen LogP contribution in [-0.2, 0) is 0 Å². The molecule has 0 aliphatic heterocycles. The van der Waals surface area contributed by atoms with Gasteiger partial charge >= 0.3 is 0 Å². The molecule has 0 radical (unpaired) electrons. The van der Waals surface area contributed by atoms with Crippen LogP contribution >= 0.6 is 0 Å². The van der Waals surface area contributed by atoms with Gasteiger partial charge in [0.25, 0.3) is 0 Å². The maximum absolute atomic E-state index is 9.75. The smallest absolute Gasteiger partial charge is 0.185 e. The fraction of sp³-hybridized carbons (Fsp3) is 0.0769. The molecule has 84 valence electrons. The van der Waals surface area contributed by atoms with Gasteiger partial charge in [-0.1, -0.05) is 18.2 Å². The summed E-state index contributed by atoms with van der Waals surface area (Å²) in [6.45, 7) is 2.00. The van der Waals surface area contributed by atoms with Crippen molar-refractivity contribution >= 4 is 5.65 Å². The van der Waals surface area contributed by atoms with Gasteiger partial charge in [-0.05, 0) is 30.7 Å². The molecule has 0 aliphatic rings. The number of aromatic nitrogens is 3. The minimum atomic E-state index is 0.195. The molecule has 0 spiro atoms. The molecule has 3 rings (SSSR count). The fourth-order valence-corrected chi connectivity index (χ4v) is 1.76. The van der Waals surface area contributed by atoms with E-state index in [9.17, 15) is 5.11 Å². The Morgan fingerprint density at radius 2 is 1.94 bits per heavy atom. The molecule has 0 aliphatic carbocycles. The van der Waals surface area contributed by atoms with Crippen molar-refractivity contribution < 1.29 is 5.11 Å². The Bertz CT molecular complexity index is 688. The standard InChI is InChI=1S/C13H11N3O/c1-9-6-7-12-14-13(15-16(12)8-9)10-4-2-3-5-11(10)17/h2-8,17H,1H3. The average Bonchev–Trinajstić information content (AvgIpc) is 2.72. The monoisotopic (exact) mass is 225 g/mol. The molecule has 3 aromatic rings. The predicted molar refractivity (Wildman–Crippen MR) is 64.8 cm³/mol. The maximum Gasteiger partial charge on any atom is 0.185 e. The van der Waals surface area contributed by atoms with Gasteiger partial charge in [-0.3, -0.25) is 0 Å². The molecule has 2 aromatic heterocycles. The average molecular weight is 225 g/mol. The number of rotatable bonds is 1. The third-order valence-electron chi connectivity index (χ3n) is 2.62. The summed E-state index contributed by atoms with van der Waals surface area (Å²) >= 11 is 0. The molecule has 0 bridgehead atoms. The van der Waals surface area contributed by atoms with E-state index in [1.165, 1.54) is 0 Å². The first-order chi connectivity index (χ1) is 8.24. The summed E-state index contributed by atoms with van der Waals surface area (Å²) in [6, 6.07) is 11.0. The number of hydrogen-bond donors (Lipinski definition) is 1. The van der Waals surface area contributed by atoms with Crippen molar-refractivity contribution in [3.8, 4) is 17.1 Å². The van der Waals surface area contributed by atoms with Crippen molar-refractivity contribution in [1.82, 2.24) is 14.6 Å². The predicted octanol–water partition coefficient (Wildman–Crippen LogP) is 2.41. The van der Waals surface area contributed by atoms with Crippen LogP contribution in [0.3, 0.4) is 0 Å². The van der Waals surface area contributed by atoms with Gasteiger partial charge in [0.05, 0.1) is 5.56 Å². The van der Waals surface area contributed by atoms with Crippen LogP contribution in [0, 0.1) is 6.92 Å². The van der Waals surface area contributed by atoms with Crippen molar-refractivity contribution in [3.63, 3.8) is 0 Å². The topological polar surface area (TPSA) is 50.4 Å². The van der Waals surface area contributed by atoms with E-state index < -0.39 is 0 Å². The summed E-state index contributed by atoms with van der Waals surface area (Å²) in [5.74, 6) is 0.730. The van der Waals surface area contributed by atoms with Crippen LogP contribution in [0.5, 0.6) is 5.75 Å². The van der Waals surface area contributed by atoms with E-state index in [0.717, 1.165) is 11.2 Å². The van der Waals surface area contributed by atoms with E-state index in [-0.39, 0.29) is 5.75 Å². The van der Waals surface area contributed by atoms with E-state index >= 15 is 0 Å². The van der Waals surface area contributed by atoms with E-state index in [1.807, 2.05) is 31.3 Å². The molecule has 0 unspecified atom stereocenters. The molecule has 4 heteroatoms. The third kappa shape index (κ3) is 1.63. The lowest BCUT2D eigenvalue weighted by Crippen LogP contribution is -1.87. The van der Waals surface area contributed by atoms with Gasteiger partial charge in [0, 0.05) is 6.20 Å². The van der Waals surface area contributed by atoms with Crippen molar-refractivity contribution in [3.05, 3.63) is 48.2 Å². The van der Waals surface area contributed by atoms with Crippen LogP contribution in [0.2, 0.25) is 0 Å². The lowest BCUT2D eigenvalue weighted by atomic mass is 10.2. The summed E-state index contributed by atoms with van der Waals surface area (Å²) in [5.41, 5.74) is 2.54. The van der Waals surface area contributed by atoms with E-state index in [4.69, 9.17) is 0 Å². The summed E-state index contributed by atoms with van der Waals surface area (Å²) in [6.07, 6.45) is 1.91. The molecule has 1 aromatic carbocycles. The molecule has 0 saturated heterocycles. The molecule has 0 fully saturated rings. The first-order valence-corrected chi connectivity index (χ1v) is 5.35. The highest BCUT2D eigenvalue weighted by Crippen LogP contribution is 2.25. The van der Waals surface area contributed by atoms with Crippen molar-refractivity contribution in [1.29, 1.82) is 0 Å². The number of nitrogens with zero attached hydrogens (tertiary/aromatic N) is 3. The summed E-state index contributed by atoms with van der Waals surface area (Å²) in [7, 11) is 0. The maximum atomic E-state index is 9.75. The molecular formula is C13H11N3O. The molecule has 1 N–H and O–H groups in total. The summed E-state index contributed by atoms with van der Waals surface area (Å²) in [5, 5.41) is 14.1. The first kappa shape index (κ1) is 9.84. The Labute approximate surface area is 98.2 Å². The second-order valence-corrected chi connectivity index (χ2v) is 3.96. The third-order valence-corrected chi connectivity index (χ3v) is 2.62. The zero-order valence-corrected chi connectivity index (χ0v) is 9.33. The van der Waals surface area contributed by atoms with Crippen LogP contribution < -0.4 is 0 Å². The van der Waals surface area contributed by atoms with Crippen molar-refractivity contribution in [2.75, 3.05) is 0 Å². The zero-order chi connectivity index (χ0) is 11.8. The number of pyridine rings is 1. The van der Waals surface area contributed by atoms with Gasteiger partial charge < -0.3 is 5.11 Å². The second-order valence-electron chi connectivity index (χ2n) is 3.96. The van der Waals surface area contributed by atoms with Crippen LogP contribution in [-0.4, -0.2) is 19.7 Å². The van der Waals surface area contributed by atoms with E-state index in [1.54, 1.807) is 22.7 Å². The number of aromatic hydroxyl groups is 1. The summed E-state index contributed by atoms with van der Waals surface area (Å²) in [4.78, 5) is 4.38. The minimum Gasteiger partial charge on any atom is -0.507 e. The SMILES string of the molecule is Cc1ccc2nc(-c3ccccc3O)nn2c1. The molecule has 17 heavy (non-hydrogen) atoms. The molecule has 2 heterocycles. The largest absolute Gasteiger partial charge is 0.507 e. The van der Waals surface area contributed by atoms with Crippen LogP contribution in [0.1, 0.15) is 5.56 Å². The van der Waals surface area contributed by atoms with Crippen molar-refractivity contribution in [2.45, 2.75) is 6.92 Å². The molecular weight excluding hydrogens is 214 g/mol. The number of benzene rings is 1. The van der Waals surface area contributed by atoms with Crippen LogP contribution in [0.25, 0.3) is 17.0 Å². The Kier molecular flexibility index (Phi) is 2.08. The quantitative estimate of drug-likeness (QED) is 0.691. The highest BCUT2D eigenvalue weighted by atomic mass is 16.3. The molecule has 0 amide bonds. The second kappa shape index (κ2) is 3.59. The zero-order valence-electron chi connectivity index (χ0n) is 9.33. The number of phenols is 1. The van der Waals surface area contributed by atoms with Gasteiger partial charge in [0.15, 0.2) is 11.5 Å². The van der Waals surface area contributed by atoms with E-state index in [0.29, 0.717) is 11.4 Å². The Balaban J connectivity index is 2.22. The minimum absolute atomic E-state index is 0.195. The van der Waals surface area contributed by atoms with E-state index in [2.05, 4.69) is 10.1 Å². The van der Waals surface area contributed by atoms with Gasteiger partial charge in [-0.2, -0.15) is 0 Å². The summed E-state index contributed by atoms with van der Waals surface area (Å²) < 4.78 is 1.72. The van der Waals surface area contributed by atoms with Gasteiger partial charge in [-0.15, -0.1) is 5.10 Å². The number of aryl methyl sites for hydroxylation is 1. The normalized spacial score (nSPS) is 10.9. The molecule has 0 saturated carbocycles. The van der Waals surface area contributed by atoms with Crippen LogP contribution in [0.4, 0.5) is 0 Å². The van der Waals surface area contributed by atoms with Crippen molar-refractivity contribution in [2.24, 2.45) is 0 Å². The number of phenolic OH excluding ortho intramolecular Hbond substituents is 1. The number of para-hydroxylation sites is 1. The number of hydrogen-bond acceptors (Lipinski definition) is 3. The Hall–Kier alpha value is -2.36. The molecule has 4 nitrogen and oxygen atoms in total. The Morgan fingerprint density at radius 1 is 1.12 bits per heavy atom. The van der Waals surface area contributed by atoms with Gasteiger partial charge in [0.1, 0.15) is 5.75 Å². The van der Waals surface area contributed by atoms with Gasteiger partial charge in [0.2, 0.25) is 0 Å². The van der Waals surface area contributed by atoms with Crippen LogP contribution in [0.15, 0.2) is 42.6 Å². The molecule has 0 atom stereocenters. The highest BCUT2D eigenvalue weighted by molar-refractivity contribution is 5.65. The first-order valence-electron chi connectivity index (χ1n) is 5.35. The lowest BCUT2D eigenvalue weighted by molar-refractivity contribution is 0.477. The fourth-order valence-electron chi connectivity index (χ4n) is 1.76. The van der Waals surface area contributed by atoms with Gasteiger partial charge in [-0.25, -0.2) is 9.50 Å². The Morgan fingerprint density at radius 3 is 2.76 bits per heavy atom.